The third kappa shape index (κ3) is 5.14. The van der Waals surface area contributed by atoms with Crippen LogP contribution in [-0.2, 0) is 23.2 Å². The molecule has 0 N–H and O–H groups in total. The molecule has 0 aliphatic carbocycles. The van der Waals surface area contributed by atoms with E-state index in [2.05, 4.69) is 34.5 Å². The molecule has 1 aromatic heterocycles. The lowest BCUT2D eigenvalue weighted by Crippen LogP contribution is -2.52. The maximum atomic E-state index is 12.6. The van der Waals surface area contributed by atoms with E-state index in [1.165, 1.54) is 9.87 Å². The second kappa shape index (κ2) is 9.25. The van der Waals surface area contributed by atoms with Crippen molar-refractivity contribution < 1.29 is 8.42 Å². The molecule has 1 aliphatic rings. The zero-order valence-corrected chi connectivity index (χ0v) is 17.7. The molecule has 0 atom stereocenters. The molecule has 27 heavy (non-hydrogen) atoms. The van der Waals surface area contributed by atoms with Crippen molar-refractivity contribution in [2.45, 2.75) is 26.8 Å². The topological polar surface area (TPSA) is 56.8 Å². The molecule has 148 valence electrons. The Kier molecular flexibility index (Phi) is 6.99. The highest BCUT2D eigenvalue weighted by Gasteiger charge is 2.30. The minimum absolute atomic E-state index is 0.516. The van der Waals surface area contributed by atoms with Gasteiger partial charge in [0.15, 0.2) is 0 Å². The lowest BCUT2D eigenvalue weighted by molar-refractivity contribution is 0.174. The van der Waals surface area contributed by atoms with Crippen molar-refractivity contribution in [3.05, 3.63) is 52.0 Å². The number of hydrogen-bond acceptors (Lipinski definition) is 5. The van der Waals surface area contributed by atoms with Crippen LogP contribution < -0.4 is 0 Å². The van der Waals surface area contributed by atoms with Gasteiger partial charge < -0.3 is 0 Å². The van der Waals surface area contributed by atoms with Crippen molar-refractivity contribution >= 4 is 21.5 Å². The molecule has 0 bridgehead atoms. The Labute approximate surface area is 166 Å². The van der Waals surface area contributed by atoms with Gasteiger partial charge in [0.05, 0.1) is 10.7 Å². The fraction of sp³-hybridized carbons (Fsp3) is 0.526. The number of rotatable bonds is 8. The summed E-state index contributed by atoms with van der Waals surface area (Å²) in [6.07, 6.45) is 0.862. The van der Waals surface area contributed by atoms with Crippen molar-refractivity contribution in [2.24, 2.45) is 0 Å². The van der Waals surface area contributed by atoms with Crippen molar-refractivity contribution in [1.29, 1.82) is 0 Å². The summed E-state index contributed by atoms with van der Waals surface area (Å²) >= 11 is 1.70. The molecule has 0 unspecified atom stereocenters. The van der Waals surface area contributed by atoms with E-state index in [4.69, 9.17) is 4.98 Å². The Morgan fingerprint density at radius 2 is 1.74 bits per heavy atom. The van der Waals surface area contributed by atoms with Crippen LogP contribution in [0.2, 0.25) is 0 Å². The molecule has 3 rings (SSSR count). The number of nitrogens with zero attached hydrogens (tertiary/aromatic N) is 4. The number of thiazole rings is 1. The van der Waals surface area contributed by atoms with E-state index in [0.717, 1.165) is 36.8 Å². The summed E-state index contributed by atoms with van der Waals surface area (Å²) in [4.78, 5) is 7.05. The normalized spacial score (nSPS) is 16.9. The summed E-state index contributed by atoms with van der Waals surface area (Å²) < 4.78 is 28.4. The number of hydrogen-bond donors (Lipinski definition) is 0. The van der Waals surface area contributed by atoms with Crippen LogP contribution in [0, 0.1) is 0 Å². The van der Waals surface area contributed by atoms with Gasteiger partial charge in [-0.05, 0) is 5.56 Å². The fourth-order valence-electron chi connectivity index (χ4n) is 3.33. The molecule has 1 saturated heterocycles. The average Bonchev–Trinajstić information content (AvgIpc) is 3.10. The number of benzene rings is 1. The standard InChI is InChI=1S/C19H28N4O2S2/c1-3-22(4-2)27(24,25)23-12-10-21(11-13-23)15-18-16-26-19(20-18)14-17-8-6-5-7-9-17/h5-9,16H,3-4,10-15H2,1-2H3. The third-order valence-corrected chi connectivity index (χ3v) is 7.96. The molecule has 2 heterocycles. The Hall–Kier alpha value is -1.32. The van der Waals surface area contributed by atoms with Gasteiger partial charge in [0, 0.05) is 57.6 Å². The zero-order chi connectivity index (χ0) is 19.3. The SMILES string of the molecule is CCN(CC)S(=O)(=O)N1CCN(Cc2csc(Cc3ccccc3)n2)CC1. The van der Waals surface area contributed by atoms with Gasteiger partial charge in [-0.25, -0.2) is 4.98 Å². The molecule has 1 aliphatic heterocycles. The number of aromatic nitrogens is 1. The van der Waals surface area contributed by atoms with Crippen molar-refractivity contribution in [3.63, 3.8) is 0 Å². The first kappa shape index (κ1) is 20.4. The predicted octanol–water partition coefficient (Wildman–Crippen LogP) is 2.44. The van der Waals surface area contributed by atoms with Crippen LogP contribution in [0.4, 0.5) is 0 Å². The van der Waals surface area contributed by atoms with E-state index in [-0.39, 0.29) is 0 Å². The summed E-state index contributed by atoms with van der Waals surface area (Å²) in [6, 6.07) is 10.4. The highest BCUT2D eigenvalue weighted by atomic mass is 32.2. The summed E-state index contributed by atoms with van der Waals surface area (Å²) in [5.41, 5.74) is 2.35. The molecule has 1 aromatic carbocycles. The Bertz CT molecular complexity index is 811. The molecule has 0 spiro atoms. The Morgan fingerprint density at radius 1 is 1.07 bits per heavy atom. The molecule has 0 amide bonds. The number of piperazine rings is 1. The average molecular weight is 409 g/mol. The second-order valence-electron chi connectivity index (χ2n) is 6.66. The monoisotopic (exact) mass is 408 g/mol. The smallest absolute Gasteiger partial charge is 0.282 e. The van der Waals surface area contributed by atoms with Crippen LogP contribution in [0.15, 0.2) is 35.7 Å². The summed E-state index contributed by atoms with van der Waals surface area (Å²) in [6.45, 7) is 8.14. The predicted molar refractivity (Wildman–Crippen MR) is 110 cm³/mol. The van der Waals surface area contributed by atoms with Crippen LogP contribution in [0.3, 0.4) is 0 Å². The maximum Gasteiger partial charge on any atom is 0.282 e. The minimum atomic E-state index is -3.32. The maximum absolute atomic E-state index is 12.6. The van der Waals surface area contributed by atoms with Crippen molar-refractivity contribution in [2.75, 3.05) is 39.3 Å². The van der Waals surface area contributed by atoms with Gasteiger partial charge in [-0.2, -0.15) is 17.0 Å². The molecule has 1 fully saturated rings. The molecular weight excluding hydrogens is 380 g/mol. The summed E-state index contributed by atoms with van der Waals surface area (Å²) in [5, 5.41) is 3.25. The molecule has 0 radical (unpaired) electrons. The quantitative estimate of drug-likeness (QED) is 0.673. The van der Waals surface area contributed by atoms with E-state index < -0.39 is 10.2 Å². The van der Waals surface area contributed by atoms with E-state index in [0.29, 0.717) is 26.2 Å². The van der Waals surface area contributed by atoms with E-state index in [1.807, 2.05) is 19.9 Å². The first-order valence-electron chi connectivity index (χ1n) is 9.47. The van der Waals surface area contributed by atoms with Gasteiger partial charge in [-0.15, -0.1) is 11.3 Å². The highest BCUT2D eigenvalue weighted by molar-refractivity contribution is 7.86. The first-order valence-corrected chi connectivity index (χ1v) is 11.7. The van der Waals surface area contributed by atoms with E-state index in [9.17, 15) is 8.42 Å². The van der Waals surface area contributed by atoms with Gasteiger partial charge in [-0.1, -0.05) is 44.2 Å². The molecule has 0 saturated carbocycles. The molecular formula is C19H28N4O2S2. The Morgan fingerprint density at radius 3 is 2.37 bits per heavy atom. The third-order valence-electron chi connectivity index (χ3n) is 4.87. The van der Waals surface area contributed by atoms with Crippen LogP contribution in [-0.4, -0.2) is 66.2 Å². The van der Waals surface area contributed by atoms with Crippen LogP contribution in [0.1, 0.15) is 30.1 Å². The lowest BCUT2D eigenvalue weighted by Gasteiger charge is -2.36. The van der Waals surface area contributed by atoms with Gasteiger partial charge in [0.1, 0.15) is 0 Å². The van der Waals surface area contributed by atoms with Crippen LogP contribution >= 0.6 is 11.3 Å². The van der Waals surface area contributed by atoms with Crippen molar-refractivity contribution in [1.82, 2.24) is 18.5 Å². The molecule has 6 nitrogen and oxygen atoms in total. The lowest BCUT2D eigenvalue weighted by atomic mass is 10.2. The van der Waals surface area contributed by atoms with Gasteiger partial charge >= 0.3 is 0 Å². The van der Waals surface area contributed by atoms with E-state index >= 15 is 0 Å². The van der Waals surface area contributed by atoms with Crippen molar-refractivity contribution in [3.8, 4) is 0 Å². The van der Waals surface area contributed by atoms with Gasteiger partial charge in [0.2, 0.25) is 0 Å². The molecule has 2 aromatic rings. The van der Waals surface area contributed by atoms with E-state index in [1.54, 1.807) is 15.6 Å². The van der Waals surface area contributed by atoms with Gasteiger partial charge in [-0.3, -0.25) is 4.90 Å². The van der Waals surface area contributed by atoms with Crippen LogP contribution in [0.5, 0.6) is 0 Å². The molecule has 8 heteroatoms. The summed E-state index contributed by atoms with van der Waals surface area (Å²) in [5.74, 6) is 0. The van der Waals surface area contributed by atoms with Crippen LogP contribution in [0.25, 0.3) is 0 Å². The van der Waals surface area contributed by atoms with Gasteiger partial charge in [0.25, 0.3) is 10.2 Å². The highest BCUT2D eigenvalue weighted by Crippen LogP contribution is 2.18. The zero-order valence-electron chi connectivity index (χ0n) is 16.0. The summed E-state index contributed by atoms with van der Waals surface area (Å²) in [7, 11) is -3.32. The Balaban J connectivity index is 1.52. The largest absolute Gasteiger partial charge is 0.295 e. The first-order chi connectivity index (χ1) is 13.0. The minimum Gasteiger partial charge on any atom is -0.295 e. The second-order valence-corrected chi connectivity index (χ2v) is 9.53. The fourth-order valence-corrected chi connectivity index (χ4v) is 5.76.